The zero-order chi connectivity index (χ0) is 9.52. The molecule has 13 heavy (non-hydrogen) atoms. The van der Waals surface area contributed by atoms with Crippen molar-refractivity contribution in [3.8, 4) is 0 Å². The Labute approximate surface area is 82.1 Å². The fourth-order valence-electron chi connectivity index (χ4n) is 1.83. The van der Waals surface area contributed by atoms with Crippen LogP contribution in [-0.2, 0) is 0 Å². The van der Waals surface area contributed by atoms with Crippen LogP contribution in [0.25, 0.3) is 0 Å². The first-order chi connectivity index (χ1) is 6.36. The lowest BCUT2D eigenvalue weighted by atomic mass is 10.1. The van der Waals surface area contributed by atoms with Crippen LogP contribution in [0.4, 0.5) is 0 Å². The predicted molar refractivity (Wildman–Crippen MR) is 58.9 cm³/mol. The first-order valence-electron chi connectivity index (χ1n) is 5.37. The number of allylic oxidation sites excluding steroid dienone is 2. The van der Waals surface area contributed by atoms with Crippen LogP contribution in [0.3, 0.4) is 0 Å². The van der Waals surface area contributed by atoms with Gasteiger partial charge in [-0.25, -0.2) is 0 Å². The van der Waals surface area contributed by atoms with Gasteiger partial charge in [0, 0.05) is 6.54 Å². The molecule has 0 spiro atoms. The minimum absolute atomic E-state index is 1.14. The van der Waals surface area contributed by atoms with Gasteiger partial charge in [-0.15, -0.1) is 0 Å². The number of hydrogen-bond acceptors (Lipinski definition) is 1. The third kappa shape index (κ3) is 3.77. The third-order valence-corrected chi connectivity index (χ3v) is 2.61. The number of likely N-dealkylation sites (tertiary alicyclic amines) is 1. The van der Waals surface area contributed by atoms with Crippen molar-refractivity contribution in [2.24, 2.45) is 0 Å². The number of hydrogen-bond donors (Lipinski definition) is 0. The van der Waals surface area contributed by atoms with Crippen LogP contribution in [0.2, 0.25) is 0 Å². The quantitative estimate of drug-likeness (QED) is 0.602. The Hall–Kier alpha value is -0.560. The highest BCUT2D eigenvalue weighted by Crippen LogP contribution is 2.11. The van der Waals surface area contributed by atoms with Crippen molar-refractivity contribution in [3.05, 3.63) is 23.8 Å². The molecule has 0 aliphatic carbocycles. The van der Waals surface area contributed by atoms with Gasteiger partial charge in [0.1, 0.15) is 0 Å². The lowest BCUT2D eigenvalue weighted by Gasteiger charge is -2.26. The molecule has 0 radical (unpaired) electrons. The Bertz CT molecular complexity index is 185. The van der Waals surface area contributed by atoms with Gasteiger partial charge >= 0.3 is 0 Å². The molecule has 0 aromatic rings. The molecule has 1 aliphatic heterocycles. The molecule has 1 aliphatic rings. The minimum Gasteiger partial charge on any atom is -0.299 e. The summed E-state index contributed by atoms with van der Waals surface area (Å²) in [7, 11) is 0. The second-order valence-corrected chi connectivity index (χ2v) is 3.70. The van der Waals surface area contributed by atoms with Crippen molar-refractivity contribution in [2.45, 2.75) is 33.1 Å². The van der Waals surface area contributed by atoms with E-state index in [-0.39, 0.29) is 0 Å². The second-order valence-electron chi connectivity index (χ2n) is 3.70. The van der Waals surface area contributed by atoms with E-state index < -0.39 is 0 Å². The van der Waals surface area contributed by atoms with E-state index in [4.69, 9.17) is 0 Å². The van der Waals surface area contributed by atoms with E-state index in [1.54, 1.807) is 0 Å². The SMILES string of the molecule is C/C=C\C(=C/C)CN1CCCCC1. The van der Waals surface area contributed by atoms with Gasteiger partial charge in [-0.05, 0) is 45.4 Å². The highest BCUT2D eigenvalue weighted by molar-refractivity contribution is 5.19. The Morgan fingerprint density at radius 3 is 2.38 bits per heavy atom. The Morgan fingerprint density at radius 1 is 1.15 bits per heavy atom. The van der Waals surface area contributed by atoms with E-state index in [1.807, 2.05) is 0 Å². The summed E-state index contributed by atoms with van der Waals surface area (Å²) in [5.74, 6) is 0. The fourth-order valence-corrected chi connectivity index (χ4v) is 1.83. The zero-order valence-corrected chi connectivity index (χ0v) is 8.92. The topological polar surface area (TPSA) is 3.24 Å². The molecule has 1 heterocycles. The Kier molecular flexibility index (Phi) is 4.84. The zero-order valence-electron chi connectivity index (χ0n) is 8.92. The summed E-state index contributed by atoms with van der Waals surface area (Å²) >= 11 is 0. The van der Waals surface area contributed by atoms with Gasteiger partial charge in [0.25, 0.3) is 0 Å². The fraction of sp³-hybridized carbons (Fsp3) is 0.667. The normalized spacial score (nSPS) is 21.2. The molecule has 1 rings (SSSR count). The molecule has 1 fully saturated rings. The Balaban J connectivity index is 2.36. The van der Waals surface area contributed by atoms with Gasteiger partial charge in [0.2, 0.25) is 0 Å². The highest BCUT2D eigenvalue weighted by atomic mass is 15.1. The molecule has 0 N–H and O–H groups in total. The van der Waals surface area contributed by atoms with Gasteiger partial charge in [-0.3, -0.25) is 4.90 Å². The van der Waals surface area contributed by atoms with Crippen LogP contribution in [0.5, 0.6) is 0 Å². The molecule has 0 saturated carbocycles. The van der Waals surface area contributed by atoms with Gasteiger partial charge in [0.15, 0.2) is 0 Å². The molecule has 0 unspecified atom stereocenters. The van der Waals surface area contributed by atoms with Gasteiger partial charge in [0.05, 0.1) is 0 Å². The molecule has 1 heteroatoms. The summed E-state index contributed by atoms with van der Waals surface area (Å²) in [4.78, 5) is 2.55. The summed E-state index contributed by atoms with van der Waals surface area (Å²) in [5, 5.41) is 0. The number of nitrogens with zero attached hydrogens (tertiary/aromatic N) is 1. The monoisotopic (exact) mass is 179 g/mol. The van der Waals surface area contributed by atoms with Crippen molar-refractivity contribution in [1.29, 1.82) is 0 Å². The van der Waals surface area contributed by atoms with E-state index in [0.29, 0.717) is 0 Å². The summed E-state index contributed by atoms with van der Waals surface area (Å²) < 4.78 is 0. The number of piperidine rings is 1. The number of rotatable bonds is 3. The van der Waals surface area contributed by atoms with Crippen molar-refractivity contribution < 1.29 is 0 Å². The van der Waals surface area contributed by atoms with Crippen LogP contribution in [0.15, 0.2) is 23.8 Å². The van der Waals surface area contributed by atoms with Crippen molar-refractivity contribution in [3.63, 3.8) is 0 Å². The molecule has 0 aromatic carbocycles. The van der Waals surface area contributed by atoms with Crippen LogP contribution >= 0.6 is 0 Å². The van der Waals surface area contributed by atoms with Crippen LogP contribution in [0, 0.1) is 0 Å². The highest BCUT2D eigenvalue weighted by Gasteiger charge is 2.09. The van der Waals surface area contributed by atoms with E-state index in [0.717, 1.165) is 6.54 Å². The Morgan fingerprint density at radius 2 is 1.85 bits per heavy atom. The first kappa shape index (κ1) is 10.5. The average molecular weight is 179 g/mol. The predicted octanol–water partition coefficient (Wildman–Crippen LogP) is 2.99. The molecular formula is C12H21N. The molecule has 0 atom stereocenters. The minimum atomic E-state index is 1.14. The summed E-state index contributed by atoms with van der Waals surface area (Å²) in [6, 6.07) is 0. The molecule has 1 nitrogen and oxygen atoms in total. The van der Waals surface area contributed by atoms with E-state index >= 15 is 0 Å². The lowest BCUT2D eigenvalue weighted by Crippen LogP contribution is -2.31. The van der Waals surface area contributed by atoms with Crippen LogP contribution < -0.4 is 0 Å². The lowest BCUT2D eigenvalue weighted by molar-refractivity contribution is 0.248. The van der Waals surface area contributed by atoms with E-state index in [2.05, 4.69) is 37.0 Å². The van der Waals surface area contributed by atoms with Crippen LogP contribution in [0.1, 0.15) is 33.1 Å². The maximum Gasteiger partial charge on any atom is 0.0230 e. The maximum atomic E-state index is 2.55. The molecular weight excluding hydrogens is 158 g/mol. The summed E-state index contributed by atoms with van der Waals surface area (Å²) in [6.07, 6.45) is 10.7. The largest absolute Gasteiger partial charge is 0.299 e. The summed E-state index contributed by atoms with van der Waals surface area (Å²) in [6.45, 7) is 7.92. The summed E-state index contributed by atoms with van der Waals surface area (Å²) in [5.41, 5.74) is 1.45. The third-order valence-electron chi connectivity index (χ3n) is 2.61. The van der Waals surface area contributed by atoms with Gasteiger partial charge in [-0.1, -0.05) is 24.6 Å². The molecule has 0 bridgehead atoms. The van der Waals surface area contributed by atoms with Crippen LogP contribution in [-0.4, -0.2) is 24.5 Å². The smallest absolute Gasteiger partial charge is 0.0230 e. The van der Waals surface area contributed by atoms with Crippen molar-refractivity contribution in [1.82, 2.24) is 4.90 Å². The first-order valence-corrected chi connectivity index (χ1v) is 5.37. The van der Waals surface area contributed by atoms with E-state index in [9.17, 15) is 0 Å². The van der Waals surface area contributed by atoms with Crippen molar-refractivity contribution in [2.75, 3.05) is 19.6 Å². The molecule has 1 saturated heterocycles. The van der Waals surface area contributed by atoms with Gasteiger partial charge in [-0.2, -0.15) is 0 Å². The second kappa shape index (κ2) is 5.98. The standard InChI is InChI=1S/C12H21N/c1-3-8-12(4-2)11-13-9-6-5-7-10-13/h3-4,8H,5-7,9-11H2,1-2H3/b8-3-,12-4+. The molecule has 0 amide bonds. The van der Waals surface area contributed by atoms with Crippen molar-refractivity contribution >= 4 is 0 Å². The maximum absolute atomic E-state index is 2.55. The average Bonchev–Trinajstić information content (AvgIpc) is 2.19. The van der Waals surface area contributed by atoms with Gasteiger partial charge < -0.3 is 0 Å². The van der Waals surface area contributed by atoms with E-state index in [1.165, 1.54) is 37.9 Å². The molecule has 74 valence electrons. The molecule has 0 aromatic heterocycles.